The quantitative estimate of drug-likeness (QED) is 0.673. The summed E-state index contributed by atoms with van der Waals surface area (Å²) >= 11 is 0. The van der Waals surface area contributed by atoms with Gasteiger partial charge >= 0.3 is 0 Å². The lowest BCUT2D eigenvalue weighted by Gasteiger charge is -2.30. The molecule has 0 saturated carbocycles. The van der Waals surface area contributed by atoms with Crippen molar-refractivity contribution >= 4 is 5.91 Å². The summed E-state index contributed by atoms with van der Waals surface area (Å²) in [5.74, 6) is 0.685. The summed E-state index contributed by atoms with van der Waals surface area (Å²) in [7, 11) is 0. The predicted octanol–water partition coefficient (Wildman–Crippen LogP) is 1.15. The van der Waals surface area contributed by atoms with Crippen molar-refractivity contribution in [3.05, 3.63) is 12.2 Å². The van der Waals surface area contributed by atoms with Crippen LogP contribution in [0.3, 0.4) is 0 Å². The van der Waals surface area contributed by atoms with E-state index in [1.807, 2.05) is 4.90 Å². The third-order valence-corrected chi connectivity index (χ3v) is 2.74. The highest BCUT2D eigenvalue weighted by molar-refractivity contribution is 5.88. The van der Waals surface area contributed by atoms with E-state index in [4.69, 9.17) is 5.73 Å². The van der Waals surface area contributed by atoms with Gasteiger partial charge in [0.15, 0.2) is 0 Å². The number of hydrogen-bond acceptors (Lipinski definition) is 2. The van der Waals surface area contributed by atoms with Crippen molar-refractivity contribution in [2.45, 2.75) is 32.7 Å². The van der Waals surface area contributed by atoms with Crippen LogP contribution in [0.5, 0.6) is 0 Å². The van der Waals surface area contributed by atoms with Crippen LogP contribution < -0.4 is 5.73 Å². The van der Waals surface area contributed by atoms with Gasteiger partial charge in [0.05, 0.1) is 0 Å². The Bertz CT molecular complexity index is 246. The fraction of sp³-hybridized carbons (Fsp3) is 0.727. The van der Waals surface area contributed by atoms with Crippen LogP contribution in [0.4, 0.5) is 0 Å². The number of carbonyl (C=O) groups excluding carboxylic acids is 1. The number of nitrogens with zero attached hydrogens (tertiary/aromatic N) is 1. The lowest BCUT2D eigenvalue weighted by Crippen LogP contribution is -2.41. The molecule has 3 nitrogen and oxygen atoms in total. The molecule has 1 unspecified atom stereocenters. The van der Waals surface area contributed by atoms with Gasteiger partial charge in [-0.25, -0.2) is 0 Å². The normalized spacial score (nSPS) is 26.0. The second kappa shape index (κ2) is 4.13. The average Bonchev–Trinajstić information content (AvgIpc) is 2.35. The lowest BCUT2D eigenvalue weighted by molar-refractivity contribution is -0.129. The first-order valence-corrected chi connectivity index (χ1v) is 5.15. The van der Waals surface area contributed by atoms with Gasteiger partial charge in [-0.15, -0.1) is 0 Å². The van der Waals surface area contributed by atoms with E-state index in [2.05, 4.69) is 20.8 Å². The third kappa shape index (κ3) is 2.35. The molecule has 1 aliphatic rings. The molecule has 0 aromatic heterocycles. The van der Waals surface area contributed by atoms with Crippen molar-refractivity contribution in [1.82, 2.24) is 4.90 Å². The van der Waals surface area contributed by atoms with Crippen molar-refractivity contribution in [3.8, 4) is 0 Å². The summed E-state index contributed by atoms with van der Waals surface area (Å²) in [6, 6.07) is 0. The molecule has 14 heavy (non-hydrogen) atoms. The van der Waals surface area contributed by atoms with E-state index in [-0.39, 0.29) is 11.4 Å². The zero-order valence-corrected chi connectivity index (χ0v) is 9.29. The topological polar surface area (TPSA) is 46.3 Å². The SMILES string of the molecule is CC1CN(C(=O)/C=C/CN)C(C)(C)C1. The molecule has 3 heteroatoms. The minimum Gasteiger partial charge on any atom is -0.334 e. The van der Waals surface area contributed by atoms with Gasteiger partial charge in [-0.2, -0.15) is 0 Å². The Morgan fingerprint density at radius 2 is 2.29 bits per heavy atom. The molecule has 1 amide bonds. The van der Waals surface area contributed by atoms with Crippen LogP contribution in [0.15, 0.2) is 12.2 Å². The van der Waals surface area contributed by atoms with E-state index < -0.39 is 0 Å². The Morgan fingerprint density at radius 3 is 2.71 bits per heavy atom. The molecule has 2 N–H and O–H groups in total. The number of amides is 1. The van der Waals surface area contributed by atoms with Gasteiger partial charge in [0.25, 0.3) is 0 Å². The molecule has 1 saturated heterocycles. The first kappa shape index (κ1) is 11.2. The molecule has 0 spiro atoms. The molecule has 1 aliphatic heterocycles. The van der Waals surface area contributed by atoms with Gasteiger partial charge in [-0.05, 0) is 26.2 Å². The lowest BCUT2D eigenvalue weighted by atomic mass is 9.98. The van der Waals surface area contributed by atoms with Crippen molar-refractivity contribution in [3.63, 3.8) is 0 Å². The smallest absolute Gasteiger partial charge is 0.246 e. The zero-order valence-electron chi connectivity index (χ0n) is 9.29. The summed E-state index contributed by atoms with van der Waals surface area (Å²) in [5, 5.41) is 0. The number of rotatable bonds is 2. The molecule has 1 heterocycles. The van der Waals surface area contributed by atoms with Crippen LogP contribution in [-0.2, 0) is 4.79 Å². The molecule has 80 valence electrons. The van der Waals surface area contributed by atoms with Crippen molar-refractivity contribution in [1.29, 1.82) is 0 Å². The Labute approximate surface area is 86.0 Å². The molecule has 0 radical (unpaired) electrons. The predicted molar refractivity (Wildman–Crippen MR) is 57.8 cm³/mol. The molecular weight excluding hydrogens is 176 g/mol. The molecule has 1 atom stereocenters. The van der Waals surface area contributed by atoms with Gasteiger partial charge in [0.2, 0.25) is 5.91 Å². The van der Waals surface area contributed by atoms with E-state index >= 15 is 0 Å². The van der Waals surface area contributed by atoms with Crippen molar-refractivity contribution < 1.29 is 4.79 Å². The Balaban J connectivity index is 2.68. The maximum atomic E-state index is 11.7. The van der Waals surface area contributed by atoms with E-state index in [1.54, 1.807) is 12.2 Å². The summed E-state index contributed by atoms with van der Waals surface area (Å²) in [5.41, 5.74) is 5.31. The highest BCUT2D eigenvalue weighted by Gasteiger charge is 2.38. The molecule has 1 rings (SSSR count). The minimum absolute atomic E-state index is 0.00453. The van der Waals surface area contributed by atoms with E-state index in [1.165, 1.54) is 0 Å². The summed E-state index contributed by atoms with van der Waals surface area (Å²) in [4.78, 5) is 13.7. The highest BCUT2D eigenvalue weighted by Crippen LogP contribution is 2.32. The van der Waals surface area contributed by atoms with Crippen molar-refractivity contribution in [2.24, 2.45) is 11.7 Å². The van der Waals surface area contributed by atoms with E-state index in [0.29, 0.717) is 12.5 Å². The van der Waals surface area contributed by atoms with Gasteiger partial charge < -0.3 is 10.6 Å². The Morgan fingerprint density at radius 1 is 1.64 bits per heavy atom. The first-order valence-electron chi connectivity index (χ1n) is 5.15. The van der Waals surface area contributed by atoms with Crippen LogP contribution >= 0.6 is 0 Å². The van der Waals surface area contributed by atoms with Crippen LogP contribution in [-0.4, -0.2) is 29.4 Å². The van der Waals surface area contributed by atoms with Gasteiger partial charge in [-0.3, -0.25) is 4.79 Å². The average molecular weight is 196 g/mol. The van der Waals surface area contributed by atoms with Crippen LogP contribution in [0.25, 0.3) is 0 Å². The Kier molecular flexibility index (Phi) is 3.32. The fourth-order valence-electron chi connectivity index (χ4n) is 2.23. The molecule has 1 fully saturated rings. The standard InChI is InChI=1S/C11H20N2O/c1-9-7-11(2,3)13(8-9)10(14)5-4-6-12/h4-5,9H,6-8,12H2,1-3H3/b5-4+. The second-order valence-electron chi connectivity index (χ2n) is 4.71. The van der Waals surface area contributed by atoms with Crippen molar-refractivity contribution in [2.75, 3.05) is 13.1 Å². The summed E-state index contributed by atoms with van der Waals surface area (Å²) in [6.45, 7) is 7.70. The maximum absolute atomic E-state index is 11.7. The first-order chi connectivity index (χ1) is 6.47. The minimum atomic E-state index is -0.00453. The van der Waals surface area contributed by atoms with Gasteiger partial charge in [0.1, 0.15) is 0 Å². The number of likely N-dealkylation sites (tertiary alicyclic amines) is 1. The molecule has 0 bridgehead atoms. The van der Waals surface area contributed by atoms with Crippen LogP contribution in [0.2, 0.25) is 0 Å². The molecule has 0 aromatic carbocycles. The highest BCUT2D eigenvalue weighted by atomic mass is 16.2. The largest absolute Gasteiger partial charge is 0.334 e. The number of nitrogens with two attached hydrogens (primary N) is 1. The Hall–Kier alpha value is -0.830. The fourth-order valence-corrected chi connectivity index (χ4v) is 2.23. The monoisotopic (exact) mass is 196 g/mol. The van der Waals surface area contributed by atoms with Gasteiger partial charge in [-0.1, -0.05) is 13.0 Å². The van der Waals surface area contributed by atoms with E-state index in [0.717, 1.165) is 13.0 Å². The van der Waals surface area contributed by atoms with E-state index in [9.17, 15) is 4.79 Å². The second-order valence-corrected chi connectivity index (χ2v) is 4.71. The van der Waals surface area contributed by atoms with Gasteiger partial charge in [0, 0.05) is 24.7 Å². The van der Waals surface area contributed by atoms with Crippen LogP contribution in [0, 0.1) is 5.92 Å². The zero-order chi connectivity index (χ0) is 10.8. The number of carbonyl (C=O) groups is 1. The molecular formula is C11H20N2O. The maximum Gasteiger partial charge on any atom is 0.246 e. The number of hydrogen-bond donors (Lipinski definition) is 1. The van der Waals surface area contributed by atoms with Crippen LogP contribution in [0.1, 0.15) is 27.2 Å². The summed E-state index contributed by atoms with van der Waals surface area (Å²) in [6.07, 6.45) is 4.37. The molecule has 0 aliphatic carbocycles. The molecule has 0 aromatic rings. The third-order valence-electron chi connectivity index (χ3n) is 2.74. The summed E-state index contributed by atoms with van der Waals surface area (Å²) < 4.78 is 0.